The average Bonchev–Trinajstić information content (AvgIpc) is 3.14. The zero-order chi connectivity index (χ0) is 19.2. The first kappa shape index (κ1) is 19.2. The third-order valence-corrected chi connectivity index (χ3v) is 4.82. The van der Waals surface area contributed by atoms with Crippen LogP contribution in [-0.4, -0.2) is 56.2 Å². The summed E-state index contributed by atoms with van der Waals surface area (Å²) in [6, 6.07) is 8.04. The first-order chi connectivity index (χ1) is 13.1. The zero-order valence-corrected chi connectivity index (χ0v) is 16.7. The molecule has 2 aromatic heterocycles. The highest BCUT2D eigenvalue weighted by molar-refractivity contribution is 6.32. The molecule has 1 saturated heterocycles. The van der Waals surface area contributed by atoms with E-state index >= 15 is 0 Å². The number of aromatic nitrogens is 2. The minimum absolute atomic E-state index is 0.288. The second-order valence-corrected chi connectivity index (χ2v) is 7.10. The van der Waals surface area contributed by atoms with Crippen molar-refractivity contribution in [2.75, 3.05) is 44.0 Å². The second kappa shape index (κ2) is 8.90. The lowest BCUT2D eigenvalue weighted by molar-refractivity contribution is 0.648. The highest BCUT2D eigenvalue weighted by Crippen LogP contribution is 2.25. The number of anilines is 2. The fourth-order valence-corrected chi connectivity index (χ4v) is 3.46. The topological polar surface area (TPSA) is 68.7 Å². The molecule has 27 heavy (non-hydrogen) atoms. The van der Waals surface area contributed by atoms with Crippen molar-refractivity contribution in [1.29, 1.82) is 0 Å². The van der Waals surface area contributed by atoms with Gasteiger partial charge in [0.2, 0.25) is 0 Å². The molecule has 1 aliphatic rings. The summed E-state index contributed by atoms with van der Waals surface area (Å²) in [5.74, 6) is 2.58. The molecule has 1 unspecified atom stereocenters. The SMILES string of the molecule is CN=C(NCc1cccnc1N(C)C)NC1CCN(c2ncccc2Cl)C1. The molecule has 1 aliphatic heterocycles. The number of aliphatic imine (C=N–C) groups is 1. The molecule has 7 nitrogen and oxygen atoms in total. The van der Waals surface area contributed by atoms with Crippen LogP contribution in [0.2, 0.25) is 5.02 Å². The first-order valence-corrected chi connectivity index (χ1v) is 9.40. The van der Waals surface area contributed by atoms with Gasteiger partial charge in [0.15, 0.2) is 5.96 Å². The molecule has 2 aromatic rings. The van der Waals surface area contributed by atoms with E-state index in [1.807, 2.05) is 43.4 Å². The largest absolute Gasteiger partial charge is 0.362 e. The van der Waals surface area contributed by atoms with Gasteiger partial charge in [0, 0.05) is 64.8 Å². The number of nitrogens with one attached hydrogen (secondary N) is 2. The van der Waals surface area contributed by atoms with Crippen molar-refractivity contribution in [2.24, 2.45) is 4.99 Å². The molecule has 3 heterocycles. The van der Waals surface area contributed by atoms with Crippen LogP contribution in [0.1, 0.15) is 12.0 Å². The molecule has 0 bridgehead atoms. The minimum atomic E-state index is 0.288. The summed E-state index contributed by atoms with van der Waals surface area (Å²) < 4.78 is 0. The van der Waals surface area contributed by atoms with Crippen LogP contribution in [0.5, 0.6) is 0 Å². The summed E-state index contributed by atoms with van der Waals surface area (Å²) in [7, 11) is 5.78. The molecular formula is C19H26ClN7. The molecule has 0 aliphatic carbocycles. The van der Waals surface area contributed by atoms with Gasteiger partial charge in [0.1, 0.15) is 11.6 Å². The van der Waals surface area contributed by atoms with E-state index < -0.39 is 0 Å². The molecule has 1 atom stereocenters. The molecule has 3 rings (SSSR count). The van der Waals surface area contributed by atoms with E-state index in [0.717, 1.165) is 42.7 Å². The first-order valence-electron chi connectivity index (χ1n) is 9.02. The third kappa shape index (κ3) is 4.80. The summed E-state index contributed by atoms with van der Waals surface area (Å²) in [6.07, 6.45) is 4.59. The van der Waals surface area contributed by atoms with Gasteiger partial charge in [-0.3, -0.25) is 4.99 Å². The van der Waals surface area contributed by atoms with Crippen LogP contribution in [0.25, 0.3) is 0 Å². The van der Waals surface area contributed by atoms with Gasteiger partial charge in [0.05, 0.1) is 5.02 Å². The summed E-state index contributed by atoms with van der Waals surface area (Å²) >= 11 is 6.27. The molecular weight excluding hydrogens is 362 g/mol. The maximum absolute atomic E-state index is 6.27. The molecule has 2 N–H and O–H groups in total. The van der Waals surface area contributed by atoms with Crippen LogP contribution < -0.4 is 20.4 Å². The van der Waals surface area contributed by atoms with E-state index in [4.69, 9.17) is 11.6 Å². The fraction of sp³-hybridized carbons (Fsp3) is 0.421. The van der Waals surface area contributed by atoms with Crippen molar-refractivity contribution in [3.8, 4) is 0 Å². The monoisotopic (exact) mass is 387 g/mol. The lowest BCUT2D eigenvalue weighted by atomic mass is 10.2. The molecule has 0 saturated carbocycles. The Labute approximate surface area is 165 Å². The lowest BCUT2D eigenvalue weighted by Crippen LogP contribution is -2.44. The second-order valence-electron chi connectivity index (χ2n) is 6.69. The van der Waals surface area contributed by atoms with Gasteiger partial charge in [-0.15, -0.1) is 0 Å². The number of nitrogens with zero attached hydrogens (tertiary/aromatic N) is 5. The number of hydrogen-bond donors (Lipinski definition) is 2. The number of pyridine rings is 2. The molecule has 0 radical (unpaired) electrons. The van der Waals surface area contributed by atoms with Crippen LogP contribution in [-0.2, 0) is 6.54 Å². The maximum atomic E-state index is 6.27. The van der Waals surface area contributed by atoms with Crippen molar-refractivity contribution in [2.45, 2.75) is 19.0 Å². The predicted octanol–water partition coefficient (Wildman–Crippen LogP) is 2.14. The van der Waals surface area contributed by atoms with Crippen LogP contribution in [0.15, 0.2) is 41.7 Å². The van der Waals surface area contributed by atoms with Gasteiger partial charge in [-0.1, -0.05) is 17.7 Å². The van der Waals surface area contributed by atoms with Gasteiger partial charge in [0.25, 0.3) is 0 Å². The van der Waals surface area contributed by atoms with Crippen molar-refractivity contribution >= 4 is 29.2 Å². The van der Waals surface area contributed by atoms with E-state index in [9.17, 15) is 0 Å². The quantitative estimate of drug-likeness (QED) is 0.605. The highest BCUT2D eigenvalue weighted by Gasteiger charge is 2.25. The van der Waals surface area contributed by atoms with E-state index in [2.05, 4.69) is 36.6 Å². The van der Waals surface area contributed by atoms with Crippen LogP contribution >= 0.6 is 11.6 Å². The minimum Gasteiger partial charge on any atom is -0.362 e. The Kier molecular flexibility index (Phi) is 6.34. The molecule has 0 amide bonds. The van der Waals surface area contributed by atoms with E-state index in [-0.39, 0.29) is 6.04 Å². The Balaban J connectivity index is 1.57. The number of guanidine groups is 1. The zero-order valence-electron chi connectivity index (χ0n) is 16.0. The van der Waals surface area contributed by atoms with Gasteiger partial charge >= 0.3 is 0 Å². The Morgan fingerprint density at radius 1 is 1.30 bits per heavy atom. The molecule has 0 spiro atoms. The Bertz CT molecular complexity index is 793. The Hall–Kier alpha value is -2.54. The van der Waals surface area contributed by atoms with Crippen molar-refractivity contribution in [3.63, 3.8) is 0 Å². The predicted molar refractivity (Wildman–Crippen MR) is 112 cm³/mol. The van der Waals surface area contributed by atoms with Gasteiger partial charge in [-0.25, -0.2) is 9.97 Å². The van der Waals surface area contributed by atoms with Crippen molar-refractivity contribution < 1.29 is 0 Å². The Morgan fingerprint density at radius 2 is 2.07 bits per heavy atom. The van der Waals surface area contributed by atoms with E-state index in [1.165, 1.54) is 0 Å². The standard InChI is InChI=1S/C19H26ClN7/c1-21-19(24-12-14-6-4-9-22-17(14)26(2)3)25-15-8-11-27(13-15)18-16(20)7-5-10-23-18/h4-7,9-10,15H,8,11-13H2,1-3H3,(H2,21,24,25). The van der Waals surface area contributed by atoms with Crippen molar-refractivity contribution in [1.82, 2.24) is 20.6 Å². The molecule has 8 heteroatoms. The van der Waals surface area contributed by atoms with Gasteiger partial charge < -0.3 is 20.4 Å². The highest BCUT2D eigenvalue weighted by atomic mass is 35.5. The van der Waals surface area contributed by atoms with Crippen LogP contribution in [0.3, 0.4) is 0 Å². The Morgan fingerprint density at radius 3 is 2.81 bits per heavy atom. The summed E-state index contributed by atoms with van der Waals surface area (Å²) in [5, 5.41) is 7.57. The van der Waals surface area contributed by atoms with Gasteiger partial charge in [-0.05, 0) is 24.6 Å². The van der Waals surface area contributed by atoms with Crippen LogP contribution in [0, 0.1) is 0 Å². The summed E-state index contributed by atoms with van der Waals surface area (Å²) in [5.41, 5.74) is 1.12. The fourth-order valence-electron chi connectivity index (χ4n) is 3.22. The maximum Gasteiger partial charge on any atom is 0.191 e. The summed E-state index contributed by atoms with van der Waals surface area (Å²) in [4.78, 5) is 17.4. The normalized spacial score (nSPS) is 17.1. The molecule has 1 fully saturated rings. The summed E-state index contributed by atoms with van der Waals surface area (Å²) in [6.45, 7) is 2.41. The van der Waals surface area contributed by atoms with Crippen molar-refractivity contribution in [3.05, 3.63) is 47.2 Å². The number of rotatable bonds is 5. The third-order valence-electron chi connectivity index (χ3n) is 4.53. The van der Waals surface area contributed by atoms with E-state index in [1.54, 1.807) is 13.2 Å². The number of hydrogen-bond acceptors (Lipinski definition) is 5. The van der Waals surface area contributed by atoms with Gasteiger partial charge in [-0.2, -0.15) is 0 Å². The average molecular weight is 388 g/mol. The van der Waals surface area contributed by atoms with Crippen LogP contribution in [0.4, 0.5) is 11.6 Å². The molecule has 144 valence electrons. The lowest BCUT2D eigenvalue weighted by Gasteiger charge is -2.21. The van der Waals surface area contributed by atoms with E-state index in [0.29, 0.717) is 11.6 Å². The molecule has 0 aromatic carbocycles. The smallest absolute Gasteiger partial charge is 0.191 e. The number of halogens is 1.